The monoisotopic (exact) mass is 114 g/mol. The topological polar surface area (TPSA) is 43.4 Å². The molecule has 1 fully saturated rings. The number of hydrogen-bond donors (Lipinski definition) is 0. The van der Waals surface area contributed by atoms with Gasteiger partial charge in [0, 0.05) is 13.0 Å². The van der Waals surface area contributed by atoms with Gasteiger partial charge in [-0.2, -0.15) is 0 Å². The van der Waals surface area contributed by atoms with E-state index in [0.717, 1.165) is 12.8 Å². The first kappa shape index (κ1) is 5.56. The molecule has 0 saturated carbocycles. The summed E-state index contributed by atoms with van der Waals surface area (Å²) in [5.74, 6) is -0.253. The Balaban J connectivity index is 2.39. The Labute approximate surface area is 47.9 Å². The fourth-order valence-electron chi connectivity index (χ4n) is 0.781. The van der Waals surface area contributed by atoms with Crippen LogP contribution >= 0.6 is 0 Å². The van der Waals surface area contributed by atoms with Crippen LogP contribution in [0.25, 0.3) is 0 Å². The van der Waals surface area contributed by atoms with Gasteiger partial charge in [-0.1, -0.05) is 0 Å². The summed E-state index contributed by atoms with van der Waals surface area (Å²) in [5.41, 5.74) is 0. The van der Waals surface area contributed by atoms with Gasteiger partial charge in [0.1, 0.15) is 0 Å². The molecule has 0 N–H and O–H groups in total. The van der Waals surface area contributed by atoms with Crippen LogP contribution in [0.15, 0.2) is 0 Å². The average molecular weight is 114 g/mol. The van der Waals surface area contributed by atoms with Gasteiger partial charge in [-0.3, -0.25) is 4.79 Å². The molecule has 1 aliphatic heterocycles. The minimum absolute atomic E-state index is 0.253. The van der Waals surface area contributed by atoms with E-state index in [4.69, 9.17) is 0 Å². The molecule has 0 bridgehead atoms. The number of carbonyl (C=O) groups is 1. The molecule has 1 saturated heterocycles. The van der Waals surface area contributed by atoms with Gasteiger partial charge >= 0.3 is 0 Å². The third-order valence-corrected chi connectivity index (χ3v) is 1.28. The van der Waals surface area contributed by atoms with E-state index >= 15 is 0 Å². The smallest absolute Gasteiger partial charge is 0.212 e. The minimum Gasteiger partial charge on any atom is -0.756 e. The fraction of sp³-hybridized carbons (Fsp3) is 0.800. The first-order valence-corrected chi connectivity index (χ1v) is 2.78. The highest BCUT2D eigenvalue weighted by atomic mass is 16.5. The van der Waals surface area contributed by atoms with E-state index in [1.165, 1.54) is 0 Å². The lowest BCUT2D eigenvalue weighted by Crippen LogP contribution is -2.29. The van der Waals surface area contributed by atoms with E-state index in [1.54, 1.807) is 0 Å². The van der Waals surface area contributed by atoms with Crippen molar-refractivity contribution in [1.82, 2.24) is 5.06 Å². The number of nitrogens with zero attached hydrogens (tertiary/aromatic N) is 1. The average Bonchev–Trinajstić information content (AvgIpc) is 1.77. The molecule has 1 heterocycles. The second-order valence-corrected chi connectivity index (χ2v) is 1.95. The van der Waals surface area contributed by atoms with Crippen LogP contribution in [0.3, 0.4) is 0 Å². The van der Waals surface area contributed by atoms with Crippen LogP contribution in [-0.2, 0) is 4.79 Å². The van der Waals surface area contributed by atoms with Crippen molar-refractivity contribution in [2.24, 2.45) is 0 Å². The maximum atomic E-state index is 10.4. The molecule has 0 aromatic rings. The molecular weight excluding hydrogens is 106 g/mol. The normalized spacial score (nSPS) is 21.6. The molecule has 0 atom stereocenters. The predicted molar refractivity (Wildman–Crippen MR) is 28.9 cm³/mol. The minimum atomic E-state index is -0.253. The van der Waals surface area contributed by atoms with Crippen molar-refractivity contribution in [2.45, 2.75) is 19.3 Å². The van der Waals surface area contributed by atoms with Crippen LogP contribution in [-0.4, -0.2) is 17.5 Å². The lowest BCUT2D eigenvalue weighted by atomic mass is 10.2. The predicted octanol–water partition coefficient (Wildman–Crippen LogP) is 0.497. The third-order valence-electron chi connectivity index (χ3n) is 1.28. The molecule has 0 aromatic carbocycles. The standard InChI is InChI=1S/C5H8NO2/c7-5-3-1-2-4-6(5)8/h1-4H2/q-1. The van der Waals surface area contributed by atoms with E-state index in [9.17, 15) is 10.0 Å². The number of rotatable bonds is 0. The fourth-order valence-corrected chi connectivity index (χ4v) is 0.781. The Kier molecular flexibility index (Phi) is 1.48. The van der Waals surface area contributed by atoms with Crippen molar-refractivity contribution >= 4 is 5.91 Å². The van der Waals surface area contributed by atoms with Crippen molar-refractivity contribution in [3.8, 4) is 0 Å². The second-order valence-electron chi connectivity index (χ2n) is 1.95. The summed E-state index contributed by atoms with van der Waals surface area (Å²) in [6, 6.07) is 0. The van der Waals surface area contributed by atoms with E-state index in [2.05, 4.69) is 0 Å². The maximum absolute atomic E-state index is 10.4. The lowest BCUT2D eigenvalue weighted by molar-refractivity contribution is -0.130. The summed E-state index contributed by atoms with van der Waals surface area (Å²) in [6.45, 7) is 0.402. The summed E-state index contributed by atoms with van der Waals surface area (Å²) >= 11 is 0. The largest absolute Gasteiger partial charge is 0.756 e. The zero-order valence-corrected chi connectivity index (χ0v) is 4.59. The van der Waals surface area contributed by atoms with Gasteiger partial charge in [-0.05, 0) is 12.8 Å². The molecule has 0 aliphatic carbocycles. The van der Waals surface area contributed by atoms with E-state index in [0.29, 0.717) is 18.0 Å². The second kappa shape index (κ2) is 2.13. The Morgan fingerprint density at radius 2 is 2.25 bits per heavy atom. The Bertz CT molecular complexity index is 103. The Hall–Kier alpha value is -0.570. The van der Waals surface area contributed by atoms with Crippen molar-refractivity contribution < 1.29 is 4.79 Å². The van der Waals surface area contributed by atoms with Crippen LogP contribution < -0.4 is 0 Å². The highest BCUT2D eigenvalue weighted by molar-refractivity contribution is 5.77. The van der Waals surface area contributed by atoms with Gasteiger partial charge in [0.25, 0.3) is 0 Å². The maximum Gasteiger partial charge on any atom is 0.212 e. The van der Waals surface area contributed by atoms with Gasteiger partial charge in [0.15, 0.2) is 0 Å². The van der Waals surface area contributed by atoms with Gasteiger partial charge in [0.05, 0.1) is 0 Å². The quantitative estimate of drug-likeness (QED) is 0.460. The van der Waals surface area contributed by atoms with Gasteiger partial charge < -0.3 is 10.3 Å². The molecule has 3 nitrogen and oxygen atoms in total. The Morgan fingerprint density at radius 1 is 1.50 bits per heavy atom. The van der Waals surface area contributed by atoms with Crippen molar-refractivity contribution in [2.75, 3.05) is 6.54 Å². The number of hydroxylamine groups is 2. The van der Waals surface area contributed by atoms with Gasteiger partial charge in [-0.15, -0.1) is 0 Å². The highest BCUT2D eigenvalue weighted by Gasteiger charge is 2.08. The third kappa shape index (κ3) is 0.980. The van der Waals surface area contributed by atoms with Crippen LogP contribution in [0.4, 0.5) is 0 Å². The Morgan fingerprint density at radius 3 is 2.62 bits per heavy atom. The highest BCUT2D eigenvalue weighted by Crippen LogP contribution is 2.07. The van der Waals surface area contributed by atoms with E-state index in [1.807, 2.05) is 0 Å². The molecule has 0 radical (unpaired) electrons. The number of hydrogen-bond acceptors (Lipinski definition) is 2. The SMILES string of the molecule is O=C1CCCCN1[O-]. The van der Waals surface area contributed by atoms with Gasteiger partial charge in [0.2, 0.25) is 5.91 Å². The molecule has 3 heteroatoms. The van der Waals surface area contributed by atoms with Crippen molar-refractivity contribution in [3.63, 3.8) is 0 Å². The number of piperidine rings is 1. The molecule has 1 amide bonds. The van der Waals surface area contributed by atoms with Gasteiger partial charge in [-0.25, -0.2) is 0 Å². The van der Waals surface area contributed by atoms with Crippen LogP contribution in [0.5, 0.6) is 0 Å². The molecule has 0 aromatic heterocycles. The number of carbonyl (C=O) groups excluding carboxylic acids is 1. The van der Waals surface area contributed by atoms with Crippen molar-refractivity contribution in [1.29, 1.82) is 0 Å². The molecule has 1 rings (SSSR count). The van der Waals surface area contributed by atoms with Crippen LogP contribution in [0.2, 0.25) is 0 Å². The zero-order valence-electron chi connectivity index (χ0n) is 4.59. The number of amides is 1. The first-order valence-electron chi connectivity index (χ1n) is 2.78. The van der Waals surface area contributed by atoms with E-state index < -0.39 is 0 Å². The lowest BCUT2D eigenvalue weighted by Gasteiger charge is -2.31. The molecule has 0 spiro atoms. The summed E-state index contributed by atoms with van der Waals surface area (Å²) in [5, 5.41) is 10.9. The van der Waals surface area contributed by atoms with Crippen LogP contribution in [0.1, 0.15) is 19.3 Å². The molecule has 1 aliphatic rings. The molecule has 0 unspecified atom stereocenters. The first-order chi connectivity index (χ1) is 3.80. The summed E-state index contributed by atoms with van der Waals surface area (Å²) in [6.07, 6.45) is 2.20. The summed E-state index contributed by atoms with van der Waals surface area (Å²) in [7, 11) is 0. The van der Waals surface area contributed by atoms with Crippen molar-refractivity contribution in [3.05, 3.63) is 5.21 Å². The zero-order chi connectivity index (χ0) is 5.98. The summed E-state index contributed by atoms with van der Waals surface area (Å²) < 4.78 is 0. The van der Waals surface area contributed by atoms with Crippen LogP contribution in [0, 0.1) is 5.21 Å². The molecule has 46 valence electrons. The van der Waals surface area contributed by atoms with E-state index in [-0.39, 0.29) is 5.91 Å². The summed E-state index contributed by atoms with van der Waals surface area (Å²) in [4.78, 5) is 10.4. The molecular formula is C5H8NO2-. The molecule has 8 heavy (non-hydrogen) atoms.